The Labute approximate surface area is 96.1 Å². The molecule has 0 fully saturated rings. The predicted molar refractivity (Wildman–Crippen MR) is 65.3 cm³/mol. The zero-order chi connectivity index (χ0) is 11.5. The average Bonchev–Trinajstić information content (AvgIpc) is 2.70. The Balaban J connectivity index is 2.17. The summed E-state index contributed by atoms with van der Waals surface area (Å²) < 4.78 is 5.31. The third-order valence-corrected chi connectivity index (χ3v) is 2.83. The monoisotopic (exact) mass is 215 g/mol. The first-order valence-corrected chi connectivity index (χ1v) is 5.52. The van der Waals surface area contributed by atoms with Gasteiger partial charge in [0, 0.05) is 12.5 Å². The second-order valence-electron chi connectivity index (χ2n) is 4.25. The Morgan fingerprint density at radius 1 is 1.25 bits per heavy atom. The van der Waals surface area contributed by atoms with Crippen LogP contribution in [0.4, 0.5) is 0 Å². The lowest BCUT2D eigenvalue weighted by atomic mass is 9.97. The van der Waals surface area contributed by atoms with Gasteiger partial charge in [-0.1, -0.05) is 23.8 Å². The Kier molecular flexibility index (Phi) is 3.11. The predicted octanol–water partition coefficient (Wildman–Crippen LogP) is 3.14. The van der Waals surface area contributed by atoms with Crippen LogP contribution in [0.1, 0.15) is 28.5 Å². The van der Waals surface area contributed by atoms with E-state index >= 15 is 0 Å². The first-order valence-electron chi connectivity index (χ1n) is 5.52. The highest BCUT2D eigenvalue weighted by Crippen LogP contribution is 2.20. The second-order valence-corrected chi connectivity index (χ2v) is 4.25. The van der Waals surface area contributed by atoms with E-state index in [1.54, 1.807) is 6.26 Å². The van der Waals surface area contributed by atoms with Crippen LogP contribution in [0.5, 0.6) is 0 Å². The van der Waals surface area contributed by atoms with Gasteiger partial charge in [-0.15, -0.1) is 0 Å². The number of rotatable bonds is 3. The number of furan rings is 1. The zero-order valence-electron chi connectivity index (χ0n) is 9.73. The lowest BCUT2D eigenvalue weighted by Gasteiger charge is -2.14. The highest BCUT2D eigenvalue weighted by atomic mass is 16.3. The quantitative estimate of drug-likeness (QED) is 0.854. The van der Waals surface area contributed by atoms with Crippen molar-refractivity contribution in [3.8, 4) is 0 Å². The number of nitrogens with two attached hydrogens (primary N) is 1. The molecule has 0 amide bonds. The number of aryl methyl sites for hydroxylation is 2. The lowest BCUT2D eigenvalue weighted by molar-refractivity contribution is 0.488. The standard InChI is InChI=1S/C14H17NO/c1-10-5-6-13(11(2)8-10)14(15)9-12-4-3-7-16-12/h3-8,14H,9,15H2,1-2H3. The summed E-state index contributed by atoms with van der Waals surface area (Å²) in [5.74, 6) is 0.937. The van der Waals surface area contributed by atoms with Crippen LogP contribution < -0.4 is 5.73 Å². The molecule has 1 aromatic heterocycles. The fraction of sp³-hybridized carbons (Fsp3) is 0.286. The molecule has 0 aliphatic rings. The van der Waals surface area contributed by atoms with Gasteiger partial charge in [0.2, 0.25) is 0 Å². The van der Waals surface area contributed by atoms with Crippen LogP contribution in [0.15, 0.2) is 41.0 Å². The highest BCUT2D eigenvalue weighted by molar-refractivity contribution is 5.33. The molecule has 16 heavy (non-hydrogen) atoms. The molecule has 2 rings (SSSR count). The van der Waals surface area contributed by atoms with Crippen molar-refractivity contribution in [2.45, 2.75) is 26.3 Å². The Bertz CT molecular complexity index is 460. The van der Waals surface area contributed by atoms with Crippen LogP contribution in [-0.4, -0.2) is 0 Å². The van der Waals surface area contributed by atoms with Gasteiger partial charge in [0.15, 0.2) is 0 Å². The van der Waals surface area contributed by atoms with Crippen LogP contribution in [0.2, 0.25) is 0 Å². The highest BCUT2D eigenvalue weighted by Gasteiger charge is 2.11. The summed E-state index contributed by atoms with van der Waals surface area (Å²) in [5, 5.41) is 0. The Morgan fingerprint density at radius 3 is 2.69 bits per heavy atom. The maximum Gasteiger partial charge on any atom is 0.105 e. The van der Waals surface area contributed by atoms with Crippen molar-refractivity contribution < 1.29 is 4.42 Å². The molecule has 0 radical (unpaired) electrons. The molecule has 1 heterocycles. The molecule has 0 saturated heterocycles. The summed E-state index contributed by atoms with van der Waals surface area (Å²) in [6.07, 6.45) is 2.43. The third kappa shape index (κ3) is 2.34. The minimum absolute atomic E-state index is 0.00625. The molecule has 1 atom stereocenters. The van der Waals surface area contributed by atoms with E-state index in [0.29, 0.717) is 0 Å². The topological polar surface area (TPSA) is 39.2 Å². The maximum atomic E-state index is 6.18. The van der Waals surface area contributed by atoms with E-state index < -0.39 is 0 Å². The maximum absolute atomic E-state index is 6.18. The minimum atomic E-state index is 0.00625. The smallest absolute Gasteiger partial charge is 0.105 e. The molecule has 1 aromatic carbocycles. The lowest BCUT2D eigenvalue weighted by Crippen LogP contribution is -2.14. The summed E-state index contributed by atoms with van der Waals surface area (Å²) in [7, 11) is 0. The summed E-state index contributed by atoms with van der Waals surface area (Å²) >= 11 is 0. The van der Waals surface area contributed by atoms with Crippen LogP contribution in [0, 0.1) is 13.8 Å². The van der Waals surface area contributed by atoms with Gasteiger partial charge in [-0.05, 0) is 37.1 Å². The fourth-order valence-corrected chi connectivity index (χ4v) is 2.00. The molecule has 0 aliphatic heterocycles. The van der Waals surface area contributed by atoms with E-state index in [0.717, 1.165) is 12.2 Å². The Morgan fingerprint density at radius 2 is 2.06 bits per heavy atom. The van der Waals surface area contributed by atoms with Gasteiger partial charge >= 0.3 is 0 Å². The molecule has 0 bridgehead atoms. The molecular formula is C14H17NO. The minimum Gasteiger partial charge on any atom is -0.469 e. The van der Waals surface area contributed by atoms with Gasteiger partial charge in [0.05, 0.1) is 6.26 Å². The first kappa shape index (κ1) is 11.0. The molecule has 1 unspecified atom stereocenters. The first-order chi connectivity index (χ1) is 7.66. The molecule has 0 saturated carbocycles. The molecule has 84 valence electrons. The summed E-state index contributed by atoms with van der Waals surface area (Å²) in [4.78, 5) is 0. The van der Waals surface area contributed by atoms with Crippen LogP contribution in [0.25, 0.3) is 0 Å². The van der Waals surface area contributed by atoms with Crippen LogP contribution in [-0.2, 0) is 6.42 Å². The van der Waals surface area contributed by atoms with E-state index in [4.69, 9.17) is 10.2 Å². The molecule has 2 heteroatoms. The van der Waals surface area contributed by atoms with E-state index in [1.807, 2.05) is 12.1 Å². The van der Waals surface area contributed by atoms with Crippen LogP contribution in [0.3, 0.4) is 0 Å². The van der Waals surface area contributed by atoms with E-state index in [-0.39, 0.29) is 6.04 Å². The van der Waals surface area contributed by atoms with Crippen molar-refractivity contribution in [2.24, 2.45) is 5.73 Å². The SMILES string of the molecule is Cc1ccc(C(N)Cc2ccco2)c(C)c1. The van der Waals surface area contributed by atoms with Crippen LogP contribution >= 0.6 is 0 Å². The van der Waals surface area contributed by atoms with Crippen molar-refractivity contribution >= 4 is 0 Å². The normalized spacial score (nSPS) is 12.7. The molecule has 2 aromatic rings. The molecule has 2 nitrogen and oxygen atoms in total. The van der Waals surface area contributed by atoms with Gasteiger partial charge < -0.3 is 10.2 Å². The number of hydrogen-bond donors (Lipinski definition) is 1. The van der Waals surface area contributed by atoms with Crippen molar-refractivity contribution in [3.05, 3.63) is 59.0 Å². The van der Waals surface area contributed by atoms with Crippen molar-refractivity contribution in [1.29, 1.82) is 0 Å². The second kappa shape index (κ2) is 4.54. The van der Waals surface area contributed by atoms with E-state index in [1.165, 1.54) is 16.7 Å². The fourth-order valence-electron chi connectivity index (χ4n) is 2.00. The third-order valence-electron chi connectivity index (χ3n) is 2.83. The average molecular weight is 215 g/mol. The van der Waals surface area contributed by atoms with Crippen molar-refractivity contribution in [2.75, 3.05) is 0 Å². The van der Waals surface area contributed by atoms with Crippen molar-refractivity contribution in [1.82, 2.24) is 0 Å². The van der Waals surface area contributed by atoms with Crippen molar-refractivity contribution in [3.63, 3.8) is 0 Å². The van der Waals surface area contributed by atoms with E-state index in [2.05, 4.69) is 32.0 Å². The Hall–Kier alpha value is -1.54. The summed E-state index contributed by atoms with van der Waals surface area (Å²) in [6, 6.07) is 10.2. The van der Waals surface area contributed by atoms with Gasteiger partial charge in [0.25, 0.3) is 0 Å². The largest absolute Gasteiger partial charge is 0.469 e. The molecule has 0 spiro atoms. The van der Waals surface area contributed by atoms with E-state index in [9.17, 15) is 0 Å². The van der Waals surface area contributed by atoms with Gasteiger partial charge in [-0.2, -0.15) is 0 Å². The summed E-state index contributed by atoms with van der Waals surface area (Å²) in [6.45, 7) is 4.19. The van der Waals surface area contributed by atoms with Gasteiger partial charge in [0.1, 0.15) is 5.76 Å². The summed E-state index contributed by atoms with van der Waals surface area (Å²) in [5.41, 5.74) is 9.89. The molecule has 0 aliphatic carbocycles. The van der Waals surface area contributed by atoms with Gasteiger partial charge in [-0.3, -0.25) is 0 Å². The number of benzene rings is 1. The molecular weight excluding hydrogens is 198 g/mol. The van der Waals surface area contributed by atoms with Gasteiger partial charge in [-0.25, -0.2) is 0 Å². The zero-order valence-corrected chi connectivity index (χ0v) is 9.73. The number of hydrogen-bond acceptors (Lipinski definition) is 2. The molecule has 2 N–H and O–H groups in total.